The predicted molar refractivity (Wildman–Crippen MR) is 114 cm³/mol. The number of nitrogens with zero attached hydrogens (tertiary/aromatic N) is 1. The zero-order valence-electron chi connectivity index (χ0n) is 14.9. The highest BCUT2D eigenvalue weighted by Crippen LogP contribution is 2.60. The smallest absolute Gasteiger partial charge is 0.124 e. The maximum absolute atomic E-state index is 10.4. The molecule has 0 aromatic heterocycles. The maximum atomic E-state index is 10.4. The van der Waals surface area contributed by atoms with Gasteiger partial charge in [0.1, 0.15) is 5.75 Å². The molecule has 6 rings (SSSR count). The Morgan fingerprint density at radius 1 is 0.962 bits per heavy atom. The third-order valence-corrected chi connectivity index (χ3v) is 7.79. The molecular weight excluding hydrogens is 433 g/mol. The van der Waals surface area contributed by atoms with Crippen LogP contribution in [0.4, 0.5) is 5.69 Å². The van der Waals surface area contributed by atoms with Gasteiger partial charge in [-0.05, 0) is 114 Å². The van der Waals surface area contributed by atoms with Crippen LogP contribution in [0.15, 0.2) is 47.5 Å². The van der Waals surface area contributed by atoms with Crippen molar-refractivity contribution in [3.8, 4) is 5.75 Å². The Hall–Kier alpha value is -1.36. The van der Waals surface area contributed by atoms with Crippen molar-refractivity contribution in [2.24, 2.45) is 22.7 Å². The summed E-state index contributed by atoms with van der Waals surface area (Å²) in [5, 5.41) is 10.4. The van der Waals surface area contributed by atoms with Crippen molar-refractivity contribution in [3.63, 3.8) is 0 Å². The zero-order valence-corrected chi connectivity index (χ0v) is 17.0. The molecule has 0 amide bonds. The van der Waals surface area contributed by atoms with E-state index in [2.05, 4.69) is 45.8 Å². The molecule has 134 valence electrons. The largest absolute Gasteiger partial charge is 0.507 e. The molecule has 4 bridgehead atoms. The van der Waals surface area contributed by atoms with Gasteiger partial charge in [0.15, 0.2) is 0 Å². The van der Waals surface area contributed by atoms with Crippen LogP contribution in [0.25, 0.3) is 0 Å². The molecule has 4 fully saturated rings. The summed E-state index contributed by atoms with van der Waals surface area (Å²) >= 11 is 2.30. The van der Waals surface area contributed by atoms with Crippen LogP contribution in [-0.2, 0) is 5.41 Å². The van der Waals surface area contributed by atoms with Gasteiger partial charge < -0.3 is 5.11 Å². The minimum atomic E-state index is 0.327. The van der Waals surface area contributed by atoms with E-state index in [-0.39, 0.29) is 0 Å². The van der Waals surface area contributed by atoms with Crippen molar-refractivity contribution < 1.29 is 5.11 Å². The van der Waals surface area contributed by atoms with Crippen LogP contribution in [-0.4, -0.2) is 11.3 Å². The molecule has 1 N–H and O–H groups in total. The van der Waals surface area contributed by atoms with Gasteiger partial charge in [-0.2, -0.15) is 0 Å². The van der Waals surface area contributed by atoms with Crippen LogP contribution in [0.1, 0.15) is 49.7 Å². The molecule has 0 atom stereocenters. The first-order valence-corrected chi connectivity index (χ1v) is 10.8. The van der Waals surface area contributed by atoms with E-state index < -0.39 is 0 Å². The Bertz CT molecular complexity index is 837. The molecule has 0 saturated heterocycles. The normalized spacial score (nSPS) is 32.4. The molecule has 0 unspecified atom stereocenters. The average molecular weight is 457 g/mol. The molecule has 4 aliphatic rings. The molecule has 2 aromatic carbocycles. The van der Waals surface area contributed by atoms with Crippen LogP contribution in [0, 0.1) is 21.3 Å². The van der Waals surface area contributed by atoms with E-state index >= 15 is 0 Å². The van der Waals surface area contributed by atoms with Gasteiger partial charge in [-0.15, -0.1) is 0 Å². The van der Waals surface area contributed by atoms with E-state index in [9.17, 15) is 5.11 Å². The number of halogens is 1. The van der Waals surface area contributed by atoms with Gasteiger partial charge in [0.25, 0.3) is 0 Å². The first-order chi connectivity index (χ1) is 12.6. The van der Waals surface area contributed by atoms with Crippen LogP contribution < -0.4 is 0 Å². The topological polar surface area (TPSA) is 32.6 Å². The second kappa shape index (κ2) is 6.36. The number of hydrogen-bond acceptors (Lipinski definition) is 2. The number of rotatable bonds is 3. The highest BCUT2D eigenvalue weighted by atomic mass is 127. The lowest BCUT2D eigenvalue weighted by Crippen LogP contribution is -2.48. The van der Waals surface area contributed by atoms with Gasteiger partial charge in [0.2, 0.25) is 0 Å². The number of phenols is 1. The molecule has 26 heavy (non-hydrogen) atoms. The van der Waals surface area contributed by atoms with Crippen molar-refractivity contribution in [1.82, 2.24) is 0 Å². The number of benzene rings is 2. The number of phenolic OH excluding ortho intramolecular Hbond substituents is 1. The van der Waals surface area contributed by atoms with Crippen molar-refractivity contribution >= 4 is 34.5 Å². The Morgan fingerprint density at radius 3 is 2.27 bits per heavy atom. The number of para-hydroxylation sites is 1. The Kier molecular flexibility index (Phi) is 4.11. The van der Waals surface area contributed by atoms with E-state index in [4.69, 9.17) is 0 Å². The van der Waals surface area contributed by atoms with Crippen LogP contribution in [0.3, 0.4) is 0 Å². The first-order valence-electron chi connectivity index (χ1n) is 9.73. The van der Waals surface area contributed by atoms with Gasteiger partial charge in [0.05, 0.1) is 5.69 Å². The van der Waals surface area contributed by atoms with Crippen LogP contribution in [0.5, 0.6) is 5.75 Å². The molecule has 0 radical (unpaired) electrons. The predicted octanol–water partition coefficient (Wildman–Crippen LogP) is 6.22. The first kappa shape index (κ1) is 16.8. The lowest BCUT2D eigenvalue weighted by atomic mass is 9.48. The van der Waals surface area contributed by atoms with Gasteiger partial charge in [-0.3, -0.25) is 4.99 Å². The van der Waals surface area contributed by atoms with E-state index in [1.165, 1.54) is 44.1 Å². The zero-order chi connectivity index (χ0) is 17.7. The summed E-state index contributed by atoms with van der Waals surface area (Å²) in [6, 6.07) is 14.3. The fraction of sp³-hybridized carbons (Fsp3) is 0.435. The molecule has 0 spiro atoms. The fourth-order valence-electron chi connectivity index (χ4n) is 6.15. The van der Waals surface area contributed by atoms with Crippen molar-refractivity contribution in [2.75, 3.05) is 0 Å². The summed E-state index contributed by atoms with van der Waals surface area (Å²) in [6.45, 7) is 0. The summed E-state index contributed by atoms with van der Waals surface area (Å²) in [4.78, 5) is 4.63. The quantitative estimate of drug-likeness (QED) is 0.431. The van der Waals surface area contributed by atoms with E-state index in [0.717, 1.165) is 32.6 Å². The number of aliphatic imine (C=N–C) groups is 1. The van der Waals surface area contributed by atoms with Crippen LogP contribution in [0.2, 0.25) is 0 Å². The van der Waals surface area contributed by atoms with Gasteiger partial charge in [-0.25, -0.2) is 0 Å². The fourth-order valence-corrected chi connectivity index (χ4v) is 6.67. The molecule has 0 heterocycles. The minimum Gasteiger partial charge on any atom is -0.507 e. The SMILES string of the molecule is Oc1ccc(C23CC4CC(CC(C4)C2)C3)cc1C=Nc1ccccc1I. The standard InChI is InChI=1S/C23H24INO/c24-20-3-1-2-4-21(20)25-14-18-10-19(5-6-22(18)26)23-11-15-7-16(12-23)9-17(8-15)13-23/h1-6,10,14-17,26H,7-9,11-13H2. The summed E-state index contributed by atoms with van der Waals surface area (Å²) in [5.74, 6) is 3.11. The highest BCUT2D eigenvalue weighted by Gasteiger charge is 2.51. The second-order valence-electron chi connectivity index (χ2n) is 8.68. The molecule has 4 saturated carbocycles. The van der Waals surface area contributed by atoms with Gasteiger partial charge in [-0.1, -0.05) is 18.2 Å². The highest BCUT2D eigenvalue weighted by molar-refractivity contribution is 14.1. The third-order valence-electron chi connectivity index (χ3n) is 6.87. The van der Waals surface area contributed by atoms with Crippen molar-refractivity contribution in [1.29, 1.82) is 0 Å². The molecule has 4 aliphatic carbocycles. The molecular formula is C23H24INO. The van der Waals surface area contributed by atoms with Crippen molar-refractivity contribution in [3.05, 3.63) is 57.2 Å². The van der Waals surface area contributed by atoms with E-state index in [0.29, 0.717) is 11.2 Å². The molecule has 2 aromatic rings. The monoisotopic (exact) mass is 457 g/mol. The minimum absolute atomic E-state index is 0.327. The lowest BCUT2D eigenvalue weighted by Gasteiger charge is -2.57. The number of hydrogen-bond donors (Lipinski definition) is 1. The average Bonchev–Trinajstić information content (AvgIpc) is 2.61. The Labute approximate surface area is 168 Å². The summed E-state index contributed by atoms with van der Waals surface area (Å²) in [5.41, 5.74) is 3.58. The van der Waals surface area contributed by atoms with Crippen molar-refractivity contribution in [2.45, 2.75) is 43.9 Å². The second-order valence-corrected chi connectivity index (χ2v) is 9.84. The molecule has 2 nitrogen and oxygen atoms in total. The molecule has 0 aliphatic heterocycles. The summed E-state index contributed by atoms with van der Waals surface area (Å²) < 4.78 is 1.12. The van der Waals surface area contributed by atoms with Gasteiger partial charge >= 0.3 is 0 Å². The van der Waals surface area contributed by atoms with Gasteiger partial charge in [0, 0.05) is 15.3 Å². The number of aromatic hydroxyl groups is 1. The van der Waals surface area contributed by atoms with Crippen LogP contribution >= 0.6 is 22.6 Å². The Balaban J connectivity index is 1.49. The van der Waals surface area contributed by atoms with E-state index in [1.54, 1.807) is 0 Å². The Morgan fingerprint density at radius 2 is 1.62 bits per heavy atom. The van der Waals surface area contributed by atoms with E-state index in [1.807, 2.05) is 30.5 Å². The summed E-state index contributed by atoms with van der Waals surface area (Å²) in [6.07, 6.45) is 10.2. The lowest BCUT2D eigenvalue weighted by molar-refractivity contribution is -0.00520. The summed E-state index contributed by atoms with van der Waals surface area (Å²) in [7, 11) is 0. The third kappa shape index (κ3) is 2.88. The maximum Gasteiger partial charge on any atom is 0.124 e. The molecule has 3 heteroatoms.